The van der Waals surface area contributed by atoms with Crippen LogP contribution in [0.15, 0.2) is 35.0 Å². The molecule has 0 saturated carbocycles. The standard InChI is InChI=1S/C14H9FN6O2/c1-7-4-5-21-12(18-19-14(21)16-7)13(22)17-11-9-6-8(15)2-3-10(9)23-20-11/h2-6H,1H3,(H,17,20,22). The molecule has 3 heterocycles. The van der Waals surface area contributed by atoms with E-state index in [1.54, 1.807) is 12.3 Å². The van der Waals surface area contributed by atoms with Crippen molar-refractivity contribution >= 4 is 28.5 Å². The van der Waals surface area contributed by atoms with Crippen LogP contribution in [0.3, 0.4) is 0 Å². The van der Waals surface area contributed by atoms with E-state index in [2.05, 4.69) is 25.7 Å². The Morgan fingerprint density at radius 1 is 1.30 bits per heavy atom. The largest absolute Gasteiger partial charge is 0.354 e. The average Bonchev–Trinajstić information content (AvgIpc) is 3.11. The van der Waals surface area contributed by atoms with Gasteiger partial charge in [0.15, 0.2) is 11.4 Å². The third-order valence-corrected chi connectivity index (χ3v) is 3.29. The highest BCUT2D eigenvalue weighted by Gasteiger charge is 2.18. The van der Waals surface area contributed by atoms with E-state index in [9.17, 15) is 9.18 Å². The maximum atomic E-state index is 13.3. The number of fused-ring (bicyclic) bond motifs is 2. The van der Waals surface area contributed by atoms with Gasteiger partial charge in [0.05, 0.1) is 5.39 Å². The SMILES string of the molecule is Cc1ccn2c(C(=O)Nc3noc4ccc(F)cc34)nnc2n1. The van der Waals surface area contributed by atoms with Crippen LogP contribution in [0.4, 0.5) is 10.2 Å². The normalized spacial score (nSPS) is 11.2. The quantitative estimate of drug-likeness (QED) is 0.607. The van der Waals surface area contributed by atoms with Gasteiger partial charge in [-0.1, -0.05) is 5.16 Å². The lowest BCUT2D eigenvalue weighted by atomic mass is 10.2. The van der Waals surface area contributed by atoms with Gasteiger partial charge in [-0.05, 0) is 31.2 Å². The Bertz CT molecular complexity index is 1050. The Morgan fingerprint density at radius 3 is 3.04 bits per heavy atom. The lowest BCUT2D eigenvalue weighted by molar-refractivity contribution is 0.101. The van der Waals surface area contributed by atoms with E-state index in [0.717, 1.165) is 5.69 Å². The Labute approximate surface area is 127 Å². The molecule has 0 aliphatic heterocycles. The fourth-order valence-electron chi connectivity index (χ4n) is 2.19. The van der Waals surface area contributed by atoms with Crippen molar-refractivity contribution in [1.29, 1.82) is 0 Å². The van der Waals surface area contributed by atoms with Crippen LogP contribution < -0.4 is 5.32 Å². The minimum Gasteiger partial charge on any atom is -0.354 e. The molecule has 3 aromatic heterocycles. The van der Waals surface area contributed by atoms with E-state index in [4.69, 9.17) is 4.52 Å². The molecule has 23 heavy (non-hydrogen) atoms. The monoisotopic (exact) mass is 312 g/mol. The summed E-state index contributed by atoms with van der Waals surface area (Å²) in [4.78, 5) is 16.5. The average molecular weight is 312 g/mol. The summed E-state index contributed by atoms with van der Waals surface area (Å²) in [5.74, 6) is -0.543. The number of aromatic nitrogens is 5. The summed E-state index contributed by atoms with van der Waals surface area (Å²) in [7, 11) is 0. The van der Waals surface area contributed by atoms with Crippen LogP contribution in [0.5, 0.6) is 0 Å². The third kappa shape index (κ3) is 2.18. The maximum Gasteiger partial charge on any atom is 0.295 e. The van der Waals surface area contributed by atoms with Crippen molar-refractivity contribution < 1.29 is 13.7 Å². The first-order valence-corrected chi connectivity index (χ1v) is 6.66. The van der Waals surface area contributed by atoms with Crippen LogP contribution in [-0.2, 0) is 0 Å². The number of halogens is 1. The van der Waals surface area contributed by atoms with Gasteiger partial charge >= 0.3 is 0 Å². The minimum absolute atomic E-state index is 0.0417. The molecule has 0 bridgehead atoms. The molecule has 0 unspecified atom stereocenters. The van der Waals surface area contributed by atoms with Gasteiger partial charge in [-0.3, -0.25) is 9.20 Å². The van der Waals surface area contributed by atoms with Crippen molar-refractivity contribution in [2.45, 2.75) is 6.92 Å². The Morgan fingerprint density at radius 2 is 2.17 bits per heavy atom. The molecule has 1 N–H and O–H groups in total. The maximum absolute atomic E-state index is 13.3. The van der Waals surface area contributed by atoms with Crippen molar-refractivity contribution in [3.63, 3.8) is 0 Å². The second-order valence-corrected chi connectivity index (χ2v) is 4.89. The number of hydrogen-bond donors (Lipinski definition) is 1. The third-order valence-electron chi connectivity index (χ3n) is 3.29. The van der Waals surface area contributed by atoms with E-state index in [-0.39, 0.29) is 11.6 Å². The van der Waals surface area contributed by atoms with Crippen molar-refractivity contribution in [2.24, 2.45) is 0 Å². The second kappa shape index (κ2) is 4.83. The van der Waals surface area contributed by atoms with E-state index >= 15 is 0 Å². The van der Waals surface area contributed by atoms with E-state index < -0.39 is 11.7 Å². The molecule has 0 aliphatic rings. The number of rotatable bonds is 2. The van der Waals surface area contributed by atoms with Crippen LogP contribution in [0.1, 0.15) is 16.3 Å². The van der Waals surface area contributed by atoms with Crippen LogP contribution in [-0.4, -0.2) is 30.6 Å². The summed E-state index contributed by atoms with van der Waals surface area (Å²) < 4.78 is 19.8. The first-order valence-electron chi connectivity index (χ1n) is 6.66. The summed E-state index contributed by atoms with van der Waals surface area (Å²) in [5, 5.41) is 14.3. The van der Waals surface area contributed by atoms with E-state index in [0.29, 0.717) is 16.7 Å². The number of amides is 1. The predicted octanol–water partition coefficient (Wildman–Crippen LogP) is 1.97. The van der Waals surface area contributed by atoms with Gasteiger partial charge in [0, 0.05) is 11.9 Å². The van der Waals surface area contributed by atoms with Gasteiger partial charge in [-0.15, -0.1) is 10.2 Å². The van der Waals surface area contributed by atoms with Crippen LogP contribution in [0.25, 0.3) is 16.7 Å². The zero-order valence-electron chi connectivity index (χ0n) is 11.8. The summed E-state index contributed by atoms with van der Waals surface area (Å²) in [6.45, 7) is 1.81. The second-order valence-electron chi connectivity index (χ2n) is 4.89. The highest BCUT2D eigenvalue weighted by Crippen LogP contribution is 2.23. The van der Waals surface area contributed by atoms with Gasteiger partial charge in [-0.25, -0.2) is 9.37 Å². The minimum atomic E-state index is -0.553. The summed E-state index contributed by atoms with van der Waals surface area (Å²) in [6, 6.07) is 5.65. The van der Waals surface area contributed by atoms with Gasteiger partial charge in [0.2, 0.25) is 5.82 Å². The number of anilines is 1. The smallest absolute Gasteiger partial charge is 0.295 e. The van der Waals surface area contributed by atoms with Gasteiger partial charge in [0.1, 0.15) is 5.82 Å². The molecular formula is C14H9FN6O2. The molecule has 4 rings (SSSR count). The molecule has 9 heteroatoms. The number of aryl methyl sites for hydroxylation is 1. The lowest BCUT2D eigenvalue weighted by Crippen LogP contribution is -2.16. The van der Waals surface area contributed by atoms with Crippen LogP contribution in [0, 0.1) is 12.7 Å². The fraction of sp³-hybridized carbons (Fsp3) is 0.0714. The number of carbonyl (C=O) groups is 1. The Hall–Kier alpha value is -3.36. The highest BCUT2D eigenvalue weighted by molar-refractivity contribution is 6.05. The number of hydrogen-bond acceptors (Lipinski definition) is 6. The van der Waals surface area contributed by atoms with E-state index in [1.807, 2.05) is 6.92 Å². The molecule has 0 aliphatic carbocycles. The predicted molar refractivity (Wildman–Crippen MR) is 77.4 cm³/mol. The zero-order valence-corrected chi connectivity index (χ0v) is 11.8. The molecule has 8 nitrogen and oxygen atoms in total. The molecule has 0 saturated heterocycles. The molecule has 4 aromatic rings. The van der Waals surface area contributed by atoms with Crippen molar-refractivity contribution in [3.8, 4) is 0 Å². The van der Waals surface area contributed by atoms with Crippen LogP contribution >= 0.6 is 0 Å². The summed E-state index contributed by atoms with van der Waals surface area (Å²) in [6.07, 6.45) is 1.65. The van der Waals surface area contributed by atoms with Crippen molar-refractivity contribution in [1.82, 2.24) is 24.7 Å². The molecule has 0 spiro atoms. The lowest BCUT2D eigenvalue weighted by Gasteiger charge is -2.00. The summed E-state index contributed by atoms with van der Waals surface area (Å²) >= 11 is 0. The topological polar surface area (TPSA) is 98.2 Å². The van der Waals surface area contributed by atoms with Crippen molar-refractivity contribution in [3.05, 3.63) is 47.8 Å². The number of nitrogens with zero attached hydrogens (tertiary/aromatic N) is 5. The fourth-order valence-corrected chi connectivity index (χ4v) is 2.19. The number of nitrogens with one attached hydrogen (secondary N) is 1. The van der Waals surface area contributed by atoms with E-state index in [1.165, 1.54) is 22.6 Å². The first kappa shape index (κ1) is 13.3. The van der Waals surface area contributed by atoms with Gasteiger partial charge < -0.3 is 9.84 Å². The first-order chi connectivity index (χ1) is 11.1. The molecule has 0 atom stereocenters. The van der Waals surface area contributed by atoms with Crippen molar-refractivity contribution in [2.75, 3.05) is 5.32 Å². The highest BCUT2D eigenvalue weighted by atomic mass is 19.1. The molecule has 0 fully saturated rings. The van der Waals surface area contributed by atoms with Crippen LogP contribution in [0.2, 0.25) is 0 Å². The molecular weight excluding hydrogens is 303 g/mol. The Balaban J connectivity index is 1.72. The molecule has 114 valence electrons. The molecule has 1 aromatic carbocycles. The zero-order chi connectivity index (χ0) is 16.0. The molecule has 1 amide bonds. The van der Waals surface area contributed by atoms with Gasteiger partial charge in [-0.2, -0.15) is 0 Å². The number of benzene rings is 1. The molecule has 0 radical (unpaired) electrons. The Kier molecular flexibility index (Phi) is 2.80. The van der Waals surface area contributed by atoms with Gasteiger partial charge in [0.25, 0.3) is 11.7 Å². The summed E-state index contributed by atoms with van der Waals surface area (Å²) in [5.41, 5.74) is 1.12. The number of carbonyl (C=O) groups excluding carboxylic acids is 1.